The standard InChI is InChI=1S/C30H28O3/c1-21-3-5-23(6-4-21)19-24-7-9-25(10-8-24)26-11-13-27(14-12-26)30(32-20-22(2)33-30)28-15-17-29(31)18-16-28/h3-18,22,31H,19-20H2,1-2H3. The third-order valence-electron chi connectivity index (χ3n) is 6.22. The molecular weight excluding hydrogens is 408 g/mol. The van der Waals surface area contributed by atoms with Crippen molar-refractivity contribution >= 4 is 0 Å². The second kappa shape index (κ2) is 8.86. The Hall–Kier alpha value is -3.40. The van der Waals surface area contributed by atoms with E-state index in [0.29, 0.717) is 6.61 Å². The summed E-state index contributed by atoms with van der Waals surface area (Å²) in [5, 5.41) is 9.70. The fourth-order valence-corrected chi connectivity index (χ4v) is 4.38. The summed E-state index contributed by atoms with van der Waals surface area (Å²) in [5.41, 5.74) is 8.04. The minimum Gasteiger partial charge on any atom is -0.508 e. The molecule has 0 radical (unpaired) electrons. The quantitative estimate of drug-likeness (QED) is 0.383. The third kappa shape index (κ3) is 4.43. The van der Waals surface area contributed by atoms with E-state index in [4.69, 9.17) is 9.47 Å². The van der Waals surface area contributed by atoms with Crippen LogP contribution in [0.1, 0.15) is 34.7 Å². The first-order valence-corrected chi connectivity index (χ1v) is 11.4. The van der Waals surface area contributed by atoms with Gasteiger partial charge in [0, 0.05) is 11.1 Å². The molecule has 1 saturated heterocycles. The SMILES string of the molecule is Cc1ccc(Cc2ccc(-c3ccc(C4(c5ccc(O)cc5)OCC(C)O4)cc3)cc2)cc1. The van der Waals surface area contributed by atoms with Gasteiger partial charge in [0.25, 0.3) is 0 Å². The summed E-state index contributed by atoms with van der Waals surface area (Å²) < 4.78 is 12.5. The largest absolute Gasteiger partial charge is 0.508 e. The van der Waals surface area contributed by atoms with Crippen molar-refractivity contribution in [2.24, 2.45) is 0 Å². The molecule has 2 unspecified atom stereocenters. The molecule has 0 saturated carbocycles. The Morgan fingerprint density at radius 1 is 0.727 bits per heavy atom. The molecule has 0 amide bonds. The van der Waals surface area contributed by atoms with E-state index in [9.17, 15) is 5.11 Å². The van der Waals surface area contributed by atoms with Crippen molar-refractivity contribution in [2.45, 2.75) is 32.2 Å². The van der Waals surface area contributed by atoms with Gasteiger partial charge in [0.1, 0.15) is 5.75 Å². The smallest absolute Gasteiger partial charge is 0.222 e. The van der Waals surface area contributed by atoms with E-state index < -0.39 is 5.79 Å². The van der Waals surface area contributed by atoms with Crippen molar-refractivity contribution in [1.82, 2.24) is 0 Å². The molecule has 1 aliphatic rings. The van der Waals surface area contributed by atoms with E-state index in [0.717, 1.165) is 23.1 Å². The number of hydrogen-bond acceptors (Lipinski definition) is 3. The van der Waals surface area contributed by atoms with E-state index in [1.807, 2.05) is 19.1 Å². The number of aryl methyl sites for hydroxylation is 1. The summed E-state index contributed by atoms with van der Waals surface area (Å²) in [6, 6.07) is 32.9. The van der Waals surface area contributed by atoms with E-state index >= 15 is 0 Å². The lowest BCUT2D eigenvalue weighted by molar-refractivity contribution is -0.140. The zero-order chi connectivity index (χ0) is 22.8. The Kier molecular flexibility index (Phi) is 5.76. The van der Waals surface area contributed by atoms with E-state index in [1.54, 1.807) is 12.1 Å². The van der Waals surface area contributed by atoms with Crippen molar-refractivity contribution in [2.75, 3.05) is 6.61 Å². The van der Waals surface area contributed by atoms with E-state index in [2.05, 4.69) is 79.7 Å². The summed E-state index contributed by atoms with van der Waals surface area (Å²) >= 11 is 0. The molecule has 3 nitrogen and oxygen atoms in total. The summed E-state index contributed by atoms with van der Waals surface area (Å²) in [6.07, 6.45) is 0.918. The summed E-state index contributed by atoms with van der Waals surface area (Å²) in [6.45, 7) is 4.64. The number of phenols is 1. The third-order valence-corrected chi connectivity index (χ3v) is 6.22. The maximum absolute atomic E-state index is 9.70. The van der Waals surface area contributed by atoms with Crippen LogP contribution < -0.4 is 0 Å². The molecule has 1 N–H and O–H groups in total. The fraction of sp³-hybridized carbons (Fsp3) is 0.200. The molecule has 4 aromatic rings. The van der Waals surface area contributed by atoms with E-state index in [-0.39, 0.29) is 11.9 Å². The Bertz CT molecular complexity index is 1210. The highest BCUT2D eigenvalue weighted by Crippen LogP contribution is 2.41. The molecular formula is C30H28O3. The highest BCUT2D eigenvalue weighted by atomic mass is 16.7. The molecule has 1 aliphatic heterocycles. The second-order valence-electron chi connectivity index (χ2n) is 8.84. The first-order chi connectivity index (χ1) is 16.0. The van der Waals surface area contributed by atoms with E-state index in [1.165, 1.54) is 22.3 Å². The van der Waals surface area contributed by atoms with Crippen LogP contribution >= 0.6 is 0 Å². The van der Waals surface area contributed by atoms with Crippen LogP contribution in [-0.4, -0.2) is 17.8 Å². The monoisotopic (exact) mass is 436 g/mol. The Morgan fingerprint density at radius 3 is 1.73 bits per heavy atom. The van der Waals surface area contributed by atoms with Gasteiger partial charge in [-0.25, -0.2) is 0 Å². The minimum absolute atomic E-state index is 0.0143. The van der Waals surface area contributed by atoms with Crippen LogP contribution in [-0.2, 0) is 21.7 Å². The first kappa shape index (κ1) is 21.4. The Labute approximate surface area is 195 Å². The van der Waals surface area contributed by atoms with Crippen molar-refractivity contribution < 1.29 is 14.6 Å². The molecule has 0 aliphatic carbocycles. The van der Waals surface area contributed by atoms with Gasteiger partial charge >= 0.3 is 0 Å². The number of hydrogen-bond donors (Lipinski definition) is 1. The predicted octanol–water partition coefficient (Wildman–Crippen LogP) is 6.59. The highest BCUT2D eigenvalue weighted by molar-refractivity contribution is 5.64. The maximum atomic E-state index is 9.70. The van der Waals surface area contributed by atoms with Crippen molar-refractivity contribution in [3.05, 3.63) is 125 Å². The number of benzene rings is 4. The fourth-order valence-electron chi connectivity index (χ4n) is 4.38. The number of rotatable bonds is 5. The lowest BCUT2D eigenvalue weighted by Crippen LogP contribution is -2.29. The summed E-state index contributed by atoms with van der Waals surface area (Å²) in [5.74, 6) is -0.732. The zero-order valence-corrected chi connectivity index (χ0v) is 19.0. The Balaban J connectivity index is 1.38. The van der Waals surface area contributed by atoms with Gasteiger partial charge in [0.15, 0.2) is 0 Å². The van der Waals surface area contributed by atoms with Crippen LogP contribution in [0.5, 0.6) is 5.75 Å². The molecule has 33 heavy (non-hydrogen) atoms. The predicted molar refractivity (Wildman–Crippen MR) is 131 cm³/mol. The van der Waals surface area contributed by atoms with Gasteiger partial charge in [0.05, 0.1) is 12.7 Å². The van der Waals surface area contributed by atoms with Gasteiger partial charge < -0.3 is 14.6 Å². The highest BCUT2D eigenvalue weighted by Gasteiger charge is 2.43. The number of phenolic OH excluding ortho intramolecular Hbond substituents is 1. The van der Waals surface area contributed by atoms with Crippen molar-refractivity contribution in [1.29, 1.82) is 0 Å². The molecule has 166 valence electrons. The molecule has 0 bridgehead atoms. The Morgan fingerprint density at radius 2 is 1.21 bits per heavy atom. The van der Waals surface area contributed by atoms with Crippen molar-refractivity contribution in [3.8, 4) is 16.9 Å². The molecule has 1 heterocycles. The molecule has 3 heteroatoms. The van der Waals surface area contributed by atoms with Gasteiger partial charge in [-0.1, -0.05) is 78.4 Å². The number of aromatic hydroxyl groups is 1. The first-order valence-electron chi connectivity index (χ1n) is 11.4. The molecule has 0 aromatic heterocycles. The molecule has 4 aromatic carbocycles. The van der Waals surface area contributed by atoms with Crippen molar-refractivity contribution in [3.63, 3.8) is 0 Å². The van der Waals surface area contributed by atoms with Gasteiger partial charge in [0.2, 0.25) is 5.79 Å². The summed E-state index contributed by atoms with van der Waals surface area (Å²) in [4.78, 5) is 0. The van der Waals surface area contributed by atoms with Crippen LogP contribution in [0.25, 0.3) is 11.1 Å². The molecule has 2 atom stereocenters. The lowest BCUT2D eigenvalue weighted by atomic mass is 9.94. The summed E-state index contributed by atoms with van der Waals surface area (Å²) in [7, 11) is 0. The molecule has 0 spiro atoms. The van der Waals surface area contributed by atoms with Crippen LogP contribution in [0.15, 0.2) is 97.1 Å². The van der Waals surface area contributed by atoms with Crippen LogP contribution in [0, 0.1) is 6.92 Å². The van der Waals surface area contributed by atoms with Gasteiger partial charge in [-0.2, -0.15) is 0 Å². The lowest BCUT2D eigenvalue weighted by Gasteiger charge is -2.29. The molecule has 1 fully saturated rings. The second-order valence-corrected chi connectivity index (χ2v) is 8.84. The maximum Gasteiger partial charge on any atom is 0.222 e. The molecule has 5 rings (SSSR count). The normalized spacial score (nSPS) is 20.1. The van der Waals surface area contributed by atoms with Crippen LogP contribution in [0.2, 0.25) is 0 Å². The van der Waals surface area contributed by atoms with Gasteiger partial charge in [-0.05, 0) is 66.8 Å². The minimum atomic E-state index is -0.955. The zero-order valence-electron chi connectivity index (χ0n) is 19.0. The topological polar surface area (TPSA) is 38.7 Å². The average Bonchev–Trinajstić information content (AvgIpc) is 3.24. The van der Waals surface area contributed by atoms with Crippen LogP contribution in [0.3, 0.4) is 0 Å². The average molecular weight is 437 g/mol. The van der Waals surface area contributed by atoms with Crippen LogP contribution in [0.4, 0.5) is 0 Å². The van der Waals surface area contributed by atoms with Gasteiger partial charge in [-0.3, -0.25) is 0 Å². The number of ether oxygens (including phenoxy) is 2. The van der Waals surface area contributed by atoms with Gasteiger partial charge in [-0.15, -0.1) is 0 Å².